The molecule has 15 heteroatoms. The molecule has 0 bridgehead atoms. The molecule has 14 nitrogen and oxygen atoms in total. The van der Waals surface area contributed by atoms with Crippen molar-refractivity contribution in [2.24, 2.45) is 0 Å². The van der Waals surface area contributed by atoms with Gasteiger partial charge in [0.15, 0.2) is 4.96 Å². The molecule has 2 fully saturated rings. The van der Waals surface area contributed by atoms with E-state index in [9.17, 15) is 14.4 Å². The molecule has 3 amide bonds. The number of methoxy groups -OCH3 is 1. The van der Waals surface area contributed by atoms with E-state index < -0.39 is 6.09 Å². The van der Waals surface area contributed by atoms with Crippen LogP contribution >= 0.6 is 11.3 Å². The molecule has 1 atom stereocenters. The number of alkyl carbamates (subject to hydrolysis) is 1. The van der Waals surface area contributed by atoms with Gasteiger partial charge in [0.05, 0.1) is 48.5 Å². The second-order valence-electron chi connectivity index (χ2n) is 13.0. The van der Waals surface area contributed by atoms with Crippen molar-refractivity contribution in [3.8, 4) is 33.1 Å². The molecule has 5 aromatic rings. The number of nitrogens with one attached hydrogen (secondary N) is 4. The zero-order valence-electron chi connectivity index (χ0n) is 32.5. The topological polar surface area (TPSA) is 166 Å². The highest BCUT2D eigenvalue weighted by molar-refractivity contribution is 7.20. The van der Waals surface area contributed by atoms with Crippen LogP contribution in [-0.4, -0.2) is 104 Å². The van der Waals surface area contributed by atoms with Crippen molar-refractivity contribution in [2.75, 3.05) is 46.4 Å². The average molecular weight is 761 g/mol. The number of hydrogen-bond acceptors (Lipinski definition) is 9. The summed E-state index contributed by atoms with van der Waals surface area (Å²) in [5.74, 6) is 0.0982. The Kier molecular flexibility index (Phi) is 16.7. The number of likely N-dealkylation sites (N-methyl/N-ethyl adjacent to an activating group) is 1. The minimum atomic E-state index is -0.623. The predicted molar refractivity (Wildman–Crippen MR) is 214 cm³/mol. The van der Waals surface area contributed by atoms with E-state index in [4.69, 9.17) is 4.98 Å². The molecule has 2 saturated heterocycles. The third-order valence-electron chi connectivity index (χ3n) is 8.48. The minimum Gasteiger partial charge on any atom is -0.453 e. The molecule has 0 saturated carbocycles. The molecule has 1 unspecified atom stereocenters. The number of hydrogen-bond donors (Lipinski definition) is 4. The number of benzene rings is 1. The number of H-pyrrole nitrogens is 2. The van der Waals surface area contributed by atoms with Crippen molar-refractivity contribution < 1.29 is 19.1 Å². The lowest BCUT2D eigenvalue weighted by Crippen LogP contribution is -2.39. The maximum Gasteiger partial charge on any atom is 0.407 e. The summed E-state index contributed by atoms with van der Waals surface area (Å²) in [5, 5.41) is 13.0. The standard InChI is InChI=1S/C25H24N8O3S.C8H16N2O.2C3H8/c1-36-25(35)27-11-23(34)33-8-2-3-21(33)18-9-17(30-31-18)20-12-32-13-22(37-24(32)29-20)16-6-4-15(5-7-16)19-10-26-14-28-19;1-2-9-7-8(11)10-5-3-4-6-10;2*1-3-2/h4-7,9-10,12-14,21H,2-3,8,11H2,1H3,(H,26,28)(H,27,35)(H,30,31);9H,2-7H2,1H3;2*3H2,1-2H3. The fourth-order valence-corrected chi connectivity index (χ4v) is 6.91. The second kappa shape index (κ2) is 21.6. The third-order valence-corrected chi connectivity index (χ3v) is 9.53. The van der Waals surface area contributed by atoms with Crippen molar-refractivity contribution in [3.05, 3.63) is 60.9 Å². The number of aromatic nitrogens is 6. The lowest BCUT2D eigenvalue weighted by molar-refractivity contribution is -0.131. The Hall–Kier alpha value is -5.02. The number of nitrogens with zero attached hydrogens (tertiary/aromatic N) is 6. The molecule has 1 aromatic carbocycles. The van der Waals surface area contributed by atoms with Crippen LogP contribution in [0.15, 0.2) is 55.2 Å². The van der Waals surface area contributed by atoms with Gasteiger partial charge in [-0.2, -0.15) is 5.10 Å². The van der Waals surface area contributed by atoms with Gasteiger partial charge in [0.1, 0.15) is 17.9 Å². The Morgan fingerprint density at radius 2 is 1.61 bits per heavy atom. The Labute approximate surface area is 322 Å². The first-order valence-corrected chi connectivity index (χ1v) is 19.8. The largest absolute Gasteiger partial charge is 0.453 e. The molecular weight excluding hydrogens is 705 g/mol. The molecule has 0 aliphatic carbocycles. The number of imidazole rings is 2. The van der Waals surface area contributed by atoms with Gasteiger partial charge in [-0.3, -0.25) is 19.1 Å². The molecule has 4 aromatic heterocycles. The maximum absolute atomic E-state index is 12.6. The van der Waals surface area contributed by atoms with Gasteiger partial charge in [-0.05, 0) is 49.4 Å². The van der Waals surface area contributed by atoms with Crippen LogP contribution in [0.3, 0.4) is 0 Å². The van der Waals surface area contributed by atoms with Gasteiger partial charge in [0.25, 0.3) is 0 Å². The van der Waals surface area contributed by atoms with Gasteiger partial charge in [-0.15, -0.1) is 0 Å². The highest BCUT2D eigenvalue weighted by Gasteiger charge is 2.31. The number of aromatic amines is 2. The Morgan fingerprint density at radius 1 is 0.907 bits per heavy atom. The van der Waals surface area contributed by atoms with Gasteiger partial charge in [0, 0.05) is 32.0 Å². The van der Waals surface area contributed by atoms with Crippen LogP contribution in [0.5, 0.6) is 0 Å². The summed E-state index contributed by atoms with van der Waals surface area (Å²) in [7, 11) is 1.27. The van der Waals surface area contributed by atoms with Crippen LogP contribution in [0.4, 0.5) is 4.79 Å². The van der Waals surface area contributed by atoms with Crippen molar-refractivity contribution in [1.82, 2.24) is 50.0 Å². The first-order chi connectivity index (χ1) is 26.3. The molecule has 7 rings (SSSR count). The van der Waals surface area contributed by atoms with Crippen LogP contribution in [0.2, 0.25) is 0 Å². The normalized spacial score (nSPS) is 14.7. The van der Waals surface area contributed by atoms with Crippen LogP contribution in [0.25, 0.3) is 38.0 Å². The summed E-state index contributed by atoms with van der Waals surface area (Å²) in [6.07, 6.45) is 13.5. The zero-order chi connectivity index (χ0) is 38.9. The molecule has 2 aliphatic heterocycles. The van der Waals surface area contributed by atoms with Crippen molar-refractivity contribution in [3.63, 3.8) is 0 Å². The molecule has 4 N–H and O–H groups in total. The van der Waals surface area contributed by atoms with Gasteiger partial charge >= 0.3 is 6.09 Å². The first kappa shape index (κ1) is 41.7. The number of carbonyl (C=O) groups excluding carboxylic acids is 3. The van der Waals surface area contributed by atoms with Crippen molar-refractivity contribution in [2.45, 2.75) is 79.2 Å². The van der Waals surface area contributed by atoms with Gasteiger partial charge in [0.2, 0.25) is 11.8 Å². The smallest absolute Gasteiger partial charge is 0.407 e. The van der Waals surface area contributed by atoms with Gasteiger partial charge in [-0.1, -0.05) is 83.1 Å². The second-order valence-corrected chi connectivity index (χ2v) is 14.0. The number of likely N-dealkylation sites (tertiary alicyclic amines) is 2. The predicted octanol–water partition coefficient (Wildman–Crippen LogP) is 6.91. The molecule has 54 heavy (non-hydrogen) atoms. The lowest BCUT2D eigenvalue weighted by atomic mass is 10.1. The number of fused-ring (bicyclic) bond motifs is 1. The summed E-state index contributed by atoms with van der Waals surface area (Å²) in [4.78, 5) is 52.9. The maximum atomic E-state index is 12.6. The number of ether oxygens (including phenoxy) is 1. The number of rotatable bonds is 9. The third kappa shape index (κ3) is 11.5. The van der Waals surface area contributed by atoms with E-state index in [2.05, 4.69) is 93.7 Å². The minimum absolute atomic E-state index is 0.101. The van der Waals surface area contributed by atoms with Crippen LogP contribution in [-0.2, 0) is 14.3 Å². The van der Waals surface area contributed by atoms with Crippen molar-refractivity contribution >= 4 is 34.2 Å². The number of carbonyl (C=O) groups is 3. The Balaban J connectivity index is 0.000000320. The fourth-order valence-electron chi connectivity index (χ4n) is 5.94. The van der Waals surface area contributed by atoms with Crippen LogP contribution in [0, 0.1) is 0 Å². The lowest BCUT2D eigenvalue weighted by Gasteiger charge is -2.23. The molecule has 292 valence electrons. The molecule has 0 radical (unpaired) electrons. The van der Waals surface area contributed by atoms with Crippen molar-refractivity contribution in [1.29, 1.82) is 0 Å². The van der Waals surface area contributed by atoms with E-state index in [1.165, 1.54) is 32.8 Å². The average Bonchev–Trinajstić information content (AvgIpc) is 4.03. The van der Waals surface area contributed by atoms with Gasteiger partial charge < -0.3 is 30.2 Å². The van der Waals surface area contributed by atoms with E-state index in [1.54, 1.807) is 28.8 Å². The SMILES string of the molecule is CCC.CCC.CCNCC(=O)N1CCCC1.COC(=O)NCC(=O)N1CCCC1c1cc(-c2cn3cc(-c4ccc(-c5cnc[nH]5)cc4)sc3n2)n[nH]1. The van der Waals surface area contributed by atoms with E-state index in [0.29, 0.717) is 13.1 Å². The number of thiazole rings is 1. The first-order valence-electron chi connectivity index (χ1n) is 19.0. The highest BCUT2D eigenvalue weighted by Crippen LogP contribution is 2.34. The monoisotopic (exact) mass is 760 g/mol. The van der Waals surface area contributed by atoms with Gasteiger partial charge in [-0.25, -0.2) is 14.8 Å². The van der Waals surface area contributed by atoms with Crippen LogP contribution in [0.1, 0.15) is 84.9 Å². The number of amides is 3. The summed E-state index contributed by atoms with van der Waals surface area (Å²) in [6.45, 7) is 14.4. The Morgan fingerprint density at radius 3 is 2.24 bits per heavy atom. The fraction of sp³-hybridized carbons (Fsp3) is 0.487. The van der Waals surface area contributed by atoms with E-state index in [1.807, 2.05) is 28.5 Å². The Bertz CT molecular complexity index is 1830. The van der Waals surface area contributed by atoms with E-state index in [0.717, 1.165) is 76.2 Å². The molecule has 0 spiro atoms. The van der Waals surface area contributed by atoms with Crippen LogP contribution < -0.4 is 10.6 Å². The molecular formula is C39H56N10O4S. The summed E-state index contributed by atoms with van der Waals surface area (Å²) in [6, 6.07) is 10.2. The molecule has 6 heterocycles. The summed E-state index contributed by atoms with van der Waals surface area (Å²) in [5.41, 5.74) is 5.53. The quantitative estimate of drug-likeness (QED) is 0.126. The van der Waals surface area contributed by atoms with E-state index in [-0.39, 0.29) is 24.4 Å². The summed E-state index contributed by atoms with van der Waals surface area (Å²) >= 11 is 1.61. The summed E-state index contributed by atoms with van der Waals surface area (Å²) < 4.78 is 6.56. The molecule has 2 aliphatic rings. The highest BCUT2D eigenvalue weighted by atomic mass is 32.1. The zero-order valence-corrected chi connectivity index (χ0v) is 33.3. The van der Waals surface area contributed by atoms with E-state index >= 15 is 0 Å².